The molecule has 216 valence electrons. The van der Waals surface area contributed by atoms with Crippen LogP contribution in [0.25, 0.3) is 0 Å². The largest absolute Gasteiger partial charge is 0.490 e. The van der Waals surface area contributed by atoms with E-state index in [0.717, 1.165) is 80.7 Å². The van der Waals surface area contributed by atoms with E-state index in [0.29, 0.717) is 30.9 Å². The van der Waals surface area contributed by atoms with E-state index >= 15 is 0 Å². The number of allylic oxidation sites excluding steroid dienone is 4. The van der Waals surface area contributed by atoms with Crippen LogP contribution in [0, 0.1) is 17.4 Å². The molecular formula is C33H37IN2O5. The monoisotopic (exact) mass is 668 g/mol. The van der Waals surface area contributed by atoms with Crippen LogP contribution >= 0.6 is 22.6 Å². The molecule has 0 saturated carbocycles. The van der Waals surface area contributed by atoms with Crippen LogP contribution in [0.3, 0.4) is 0 Å². The Hall–Kier alpha value is -3.14. The Bertz CT molecular complexity index is 1430. The van der Waals surface area contributed by atoms with Gasteiger partial charge >= 0.3 is 0 Å². The van der Waals surface area contributed by atoms with E-state index in [-0.39, 0.29) is 24.1 Å². The summed E-state index contributed by atoms with van der Waals surface area (Å²) >= 11 is 2.20. The fraction of sp³-hybridized carbons (Fsp3) is 0.424. The topological polar surface area (TPSA) is 84.9 Å². The first-order valence-electron chi connectivity index (χ1n) is 14.5. The third-order valence-electron chi connectivity index (χ3n) is 8.07. The molecule has 0 bridgehead atoms. The van der Waals surface area contributed by atoms with Gasteiger partial charge in [0.2, 0.25) is 0 Å². The van der Waals surface area contributed by atoms with E-state index in [1.807, 2.05) is 51.1 Å². The van der Waals surface area contributed by atoms with Gasteiger partial charge in [-0.25, -0.2) is 0 Å². The van der Waals surface area contributed by atoms with Crippen molar-refractivity contribution in [3.63, 3.8) is 0 Å². The summed E-state index contributed by atoms with van der Waals surface area (Å²) in [5.74, 6) is 0.537. The number of nitrogens with one attached hydrogen (secondary N) is 1. The standard InChI is InChI=1S/C33H37IN2O5/c1-5-36-24-9-7-11-26(37)31(24)30(32-25(36)10-8-12-27(32)38)21-16-22(34)33(28(17-21)40-6-2)41-18-29(39)35-23-14-13-19(3)15-20(23)4/h13-17,30H,5-12,18H2,1-4H3,(H,35,39). The quantitative estimate of drug-likeness (QED) is 0.313. The highest BCUT2D eigenvalue weighted by molar-refractivity contribution is 14.1. The van der Waals surface area contributed by atoms with Crippen LogP contribution in [0.2, 0.25) is 0 Å². The lowest BCUT2D eigenvalue weighted by Gasteiger charge is -2.43. The number of halogens is 1. The van der Waals surface area contributed by atoms with Crippen LogP contribution in [0.4, 0.5) is 5.69 Å². The smallest absolute Gasteiger partial charge is 0.262 e. The zero-order chi connectivity index (χ0) is 29.3. The molecule has 0 spiro atoms. The first-order chi connectivity index (χ1) is 19.7. The number of anilines is 1. The maximum atomic E-state index is 13.5. The van der Waals surface area contributed by atoms with Gasteiger partial charge in [0.25, 0.3) is 5.91 Å². The Kier molecular flexibility index (Phi) is 8.87. The summed E-state index contributed by atoms with van der Waals surface area (Å²) in [5.41, 5.74) is 7.37. The molecule has 0 unspecified atom stereocenters. The van der Waals surface area contributed by atoms with Crippen molar-refractivity contribution in [2.75, 3.05) is 25.1 Å². The third-order valence-corrected chi connectivity index (χ3v) is 8.87. The molecule has 1 aliphatic heterocycles. The SMILES string of the molecule is CCOc1cc(C2C3=C(CCCC3=O)N(CC)C3=C2C(=O)CCC3)cc(I)c1OCC(=O)Nc1ccc(C)cc1C. The molecule has 0 atom stereocenters. The first-order valence-corrected chi connectivity index (χ1v) is 15.6. The number of carbonyl (C=O) groups excluding carboxylic acids is 3. The van der Waals surface area contributed by atoms with Gasteiger partial charge in [-0.2, -0.15) is 0 Å². The Labute approximate surface area is 255 Å². The maximum Gasteiger partial charge on any atom is 0.262 e. The number of Topliss-reactive ketones (excluding diaryl/α,β-unsaturated/α-hetero) is 2. The number of nitrogens with zero attached hydrogens (tertiary/aromatic N) is 1. The van der Waals surface area contributed by atoms with Gasteiger partial charge in [-0.3, -0.25) is 14.4 Å². The predicted octanol–water partition coefficient (Wildman–Crippen LogP) is 6.76. The number of carbonyl (C=O) groups is 3. The molecule has 2 aromatic rings. The fourth-order valence-electron chi connectivity index (χ4n) is 6.37. The summed E-state index contributed by atoms with van der Waals surface area (Å²) in [7, 11) is 0. The van der Waals surface area contributed by atoms with Gasteiger partial charge in [0, 0.05) is 53.5 Å². The molecule has 2 aromatic carbocycles. The van der Waals surface area contributed by atoms with E-state index in [4.69, 9.17) is 9.47 Å². The molecule has 0 saturated heterocycles. The molecule has 2 aliphatic carbocycles. The molecule has 0 aromatic heterocycles. The van der Waals surface area contributed by atoms with Gasteiger partial charge in [-0.05, 0) is 105 Å². The summed E-state index contributed by atoms with van der Waals surface area (Å²) in [4.78, 5) is 42.0. The lowest BCUT2D eigenvalue weighted by atomic mass is 9.71. The molecule has 5 rings (SSSR count). The average Bonchev–Trinajstić information content (AvgIpc) is 2.93. The van der Waals surface area contributed by atoms with Gasteiger partial charge in [0.15, 0.2) is 29.7 Å². The van der Waals surface area contributed by atoms with E-state index in [1.165, 1.54) is 0 Å². The van der Waals surface area contributed by atoms with Gasteiger partial charge in [-0.15, -0.1) is 0 Å². The summed E-state index contributed by atoms with van der Waals surface area (Å²) < 4.78 is 12.8. The van der Waals surface area contributed by atoms with E-state index < -0.39 is 5.92 Å². The summed E-state index contributed by atoms with van der Waals surface area (Å²) in [6, 6.07) is 9.74. The third kappa shape index (κ3) is 5.80. The Balaban J connectivity index is 1.50. The molecule has 1 amide bonds. The van der Waals surface area contributed by atoms with Crippen molar-refractivity contribution in [3.8, 4) is 11.5 Å². The summed E-state index contributed by atoms with van der Waals surface area (Å²) in [6.45, 7) is 8.91. The number of ketones is 2. The number of hydrogen-bond acceptors (Lipinski definition) is 6. The van der Waals surface area contributed by atoms with Crippen LogP contribution < -0.4 is 14.8 Å². The van der Waals surface area contributed by atoms with Crippen molar-refractivity contribution in [2.45, 2.75) is 72.1 Å². The minimum absolute atomic E-state index is 0.121. The van der Waals surface area contributed by atoms with Crippen molar-refractivity contribution >= 4 is 45.8 Å². The second-order valence-electron chi connectivity index (χ2n) is 10.9. The molecule has 0 radical (unpaired) electrons. The maximum absolute atomic E-state index is 13.5. The van der Waals surface area contributed by atoms with Gasteiger partial charge in [-0.1, -0.05) is 17.7 Å². The predicted molar refractivity (Wildman–Crippen MR) is 167 cm³/mol. The van der Waals surface area contributed by atoms with Crippen molar-refractivity contribution in [3.05, 3.63) is 73.1 Å². The second-order valence-corrected chi connectivity index (χ2v) is 12.0. The molecule has 8 heteroatoms. The van der Waals surface area contributed by atoms with Crippen molar-refractivity contribution in [1.82, 2.24) is 4.90 Å². The van der Waals surface area contributed by atoms with Crippen LogP contribution in [0.1, 0.15) is 75.0 Å². The minimum atomic E-state index is -0.419. The molecule has 0 fully saturated rings. The van der Waals surface area contributed by atoms with E-state index in [9.17, 15) is 14.4 Å². The molecule has 1 N–H and O–H groups in total. The van der Waals surface area contributed by atoms with Crippen molar-refractivity contribution in [2.24, 2.45) is 0 Å². The molecule has 1 heterocycles. The lowest BCUT2D eigenvalue weighted by molar-refractivity contribution is -0.118. The Morgan fingerprint density at radius 2 is 1.61 bits per heavy atom. The zero-order valence-corrected chi connectivity index (χ0v) is 26.4. The number of hydrogen-bond donors (Lipinski definition) is 1. The van der Waals surface area contributed by atoms with Crippen LogP contribution in [0.5, 0.6) is 11.5 Å². The highest BCUT2D eigenvalue weighted by atomic mass is 127. The highest BCUT2D eigenvalue weighted by Crippen LogP contribution is 2.50. The van der Waals surface area contributed by atoms with Gasteiger partial charge in [0.05, 0.1) is 10.2 Å². The zero-order valence-electron chi connectivity index (χ0n) is 24.2. The fourth-order valence-corrected chi connectivity index (χ4v) is 7.15. The highest BCUT2D eigenvalue weighted by Gasteiger charge is 2.43. The summed E-state index contributed by atoms with van der Waals surface area (Å²) in [5, 5.41) is 2.92. The molecule has 3 aliphatic rings. The van der Waals surface area contributed by atoms with E-state index in [2.05, 4.69) is 39.7 Å². The van der Waals surface area contributed by atoms with Gasteiger partial charge in [0.1, 0.15) is 0 Å². The molecule has 41 heavy (non-hydrogen) atoms. The Morgan fingerprint density at radius 1 is 0.951 bits per heavy atom. The van der Waals surface area contributed by atoms with Crippen molar-refractivity contribution < 1.29 is 23.9 Å². The number of rotatable bonds is 8. The number of ether oxygens (including phenoxy) is 2. The normalized spacial score (nSPS) is 17.4. The Morgan fingerprint density at radius 3 is 2.20 bits per heavy atom. The van der Waals surface area contributed by atoms with Crippen molar-refractivity contribution in [1.29, 1.82) is 0 Å². The molecular weight excluding hydrogens is 631 g/mol. The number of benzene rings is 2. The first kappa shape index (κ1) is 29.4. The van der Waals surface area contributed by atoms with Gasteiger partial charge < -0.3 is 19.7 Å². The molecule has 7 nitrogen and oxygen atoms in total. The number of aryl methyl sites for hydroxylation is 2. The van der Waals surface area contributed by atoms with Crippen LogP contribution in [0.15, 0.2) is 52.9 Å². The number of amides is 1. The lowest BCUT2D eigenvalue weighted by Crippen LogP contribution is -2.39. The average molecular weight is 669 g/mol. The summed E-state index contributed by atoms with van der Waals surface area (Å²) in [6.07, 6.45) is 4.32. The second kappa shape index (κ2) is 12.4. The van der Waals surface area contributed by atoms with Crippen LogP contribution in [-0.4, -0.2) is 42.1 Å². The van der Waals surface area contributed by atoms with E-state index in [1.54, 1.807) is 0 Å². The van der Waals surface area contributed by atoms with Crippen LogP contribution in [-0.2, 0) is 14.4 Å². The minimum Gasteiger partial charge on any atom is -0.490 e.